The molecule has 2 aromatic carbocycles. The smallest absolute Gasteiger partial charge is 0.225 e. The van der Waals surface area contributed by atoms with E-state index in [-0.39, 0.29) is 0 Å². The minimum Gasteiger partial charge on any atom is -0.722 e. The third kappa shape index (κ3) is 2.16. The average molecular weight is 214 g/mol. The maximum absolute atomic E-state index is 5.12. The molecule has 1 N–H and O–H groups in total. The maximum atomic E-state index is 5.12. The molecule has 2 nitrogen and oxygen atoms in total. The van der Waals surface area contributed by atoms with Crippen LogP contribution in [0.1, 0.15) is 0 Å². The predicted molar refractivity (Wildman–Crippen MR) is 65.5 cm³/mol. The molecule has 0 aromatic heterocycles. The first-order valence-corrected chi connectivity index (χ1v) is 5.04. The molecule has 0 unspecified atom stereocenters. The summed E-state index contributed by atoms with van der Waals surface area (Å²) >= 11 is 0. The predicted octanol–water partition coefficient (Wildman–Crippen LogP) is 3.40. The van der Waals surface area contributed by atoms with Crippen LogP contribution in [0.4, 0.5) is 0 Å². The van der Waals surface area contributed by atoms with Gasteiger partial charge in [0, 0.05) is 12.1 Å². The third-order valence-corrected chi connectivity index (χ3v) is 2.47. The lowest BCUT2D eigenvalue weighted by molar-refractivity contribution is 0.186. The minimum atomic E-state index is 0.869. The first kappa shape index (κ1) is 10.6. The topological polar surface area (TPSA) is 22.0 Å². The molecule has 0 amide bonds. The van der Waals surface area contributed by atoms with E-state index in [0.717, 1.165) is 22.6 Å². The molecule has 2 rings (SSSR count). The normalized spacial score (nSPS) is 9.88. The monoisotopic (exact) mass is 214 g/mol. The number of ether oxygens (including phenoxy) is 2. The van der Waals surface area contributed by atoms with Crippen molar-refractivity contribution in [1.82, 2.24) is 0 Å². The lowest BCUT2D eigenvalue weighted by atomic mass is 10.1. The number of aromatic hydroxyl groups is 1. The van der Waals surface area contributed by atoms with Crippen LogP contribution >= 0.6 is 0 Å². The van der Waals surface area contributed by atoms with Gasteiger partial charge in [0.2, 0.25) is 5.75 Å². The summed E-state index contributed by atoms with van der Waals surface area (Å²) in [7, 11) is 5.16. The van der Waals surface area contributed by atoms with Crippen LogP contribution in [-0.4, -0.2) is 11.8 Å². The first-order chi connectivity index (χ1) is 7.83. The fourth-order valence-corrected chi connectivity index (χ4v) is 1.54. The van der Waals surface area contributed by atoms with E-state index in [0.29, 0.717) is 0 Å². The van der Waals surface area contributed by atoms with Crippen molar-refractivity contribution in [2.45, 2.75) is 0 Å². The van der Waals surface area contributed by atoms with Gasteiger partial charge in [-0.1, -0.05) is 12.1 Å². The highest BCUT2D eigenvalue weighted by Crippen LogP contribution is 2.24. The summed E-state index contributed by atoms with van der Waals surface area (Å²) in [5, 5.41) is 0. The Labute approximate surface area is 95.4 Å². The fourth-order valence-electron chi connectivity index (χ4n) is 1.54. The van der Waals surface area contributed by atoms with Crippen molar-refractivity contribution in [1.29, 1.82) is 0 Å². The summed E-state index contributed by atoms with van der Waals surface area (Å²) in [4.78, 5) is 0. The van der Waals surface area contributed by atoms with Crippen molar-refractivity contribution in [3.8, 4) is 22.6 Å². The molecule has 2 aromatic rings. The molecule has 0 aliphatic carbocycles. The summed E-state index contributed by atoms with van der Waals surface area (Å²) in [6, 6.07) is 15.9. The molecular formula is C14H14O2. The van der Waals surface area contributed by atoms with Crippen LogP contribution in [0.3, 0.4) is 0 Å². The van der Waals surface area contributed by atoms with Crippen molar-refractivity contribution < 1.29 is 9.47 Å². The Morgan fingerprint density at radius 1 is 0.875 bits per heavy atom. The highest BCUT2D eigenvalue weighted by atomic mass is 16.5. The summed E-state index contributed by atoms with van der Waals surface area (Å²) in [6.07, 6.45) is 0. The molecule has 0 aliphatic rings. The fraction of sp³-hybridized carbons (Fsp3) is 0.0714. The zero-order valence-electron chi connectivity index (χ0n) is 9.18. The third-order valence-electron chi connectivity index (χ3n) is 2.47. The van der Waals surface area contributed by atoms with Crippen LogP contribution in [0.25, 0.3) is 11.1 Å². The Hall–Kier alpha value is -1.96. The maximum Gasteiger partial charge on any atom is 0.225 e. The molecule has 0 radical (unpaired) electrons. The van der Waals surface area contributed by atoms with Gasteiger partial charge in [-0.15, -0.1) is 0 Å². The van der Waals surface area contributed by atoms with Gasteiger partial charge in [-0.3, -0.25) is 0 Å². The molecule has 0 saturated carbocycles. The standard InChI is InChI=1S/C14H14O2/c1-15-13-7-3-11(4-8-13)12-5-9-14(16-2)10-6-12/h3-10,15H,1H2,2H3. The van der Waals surface area contributed by atoms with Crippen molar-refractivity contribution in [2.24, 2.45) is 0 Å². The molecule has 0 bridgehead atoms. The number of hydrogen-bond acceptors (Lipinski definition) is 1. The highest BCUT2D eigenvalue weighted by Gasteiger charge is 1.99. The van der Waals surface area contributed by atoms with Crippen LogP contribution in [0, 0.1) is 7.11 Å². The second kappa shape index (κ2) is 4.71. The number of hydrogen-bond donors (Lipinski definition) is 0. The van der Waals surface area contributed by atoms with Crippen molar-refractivity contribution in [3.63, 3.8) is 0 Å². The summed E-state index contributed by atoms with van der Waals surface area (Å²) in [6.45, 7) is 0. The number of rotatable bonds is 3. The number of aliphatic hydroxyl groups is 1. The van der Waals surface area contributed by atoms with Crippen LogP contribution in [0.15, 0.2) is 48.5 Å². The molecule has 0 spiro atoms. The Morgan fingerprint density at radius 3 is 1.81 bits per heavy atom. The minimum absolute atomic E-state index is 0.869. The molecule has 0 atom stereocenters. The van der Waals surface area contributed by atoms with Gasteiger partial charge in [-0.05, 0) is 42.5 Å². The SMILES string of the molecule is [CH2-][OH+]c1ccc(-c2ccc(OC)cc2)cc1. The number of methoxy groups -OCH3 is 1. The van der Waals surface area contributed by atoms with E-state index in [1.54, 1.807) is 7.11 Å². The quantitative estimate of drug-likeness (QED) is 0.567. The molecule has 82 valence electrons. The number of benzene rings is 2. The van der Waals surface area contributed by atoms with Gasteiger partial charge in [0.1, 0.15) is 5.75 Å². The van der Waals surface area contributed by atoms with Crippen LogP contribution < -0.4 is 4.74 Å². The second-order valence-electron chi connectivity index (χ2n) is 3.43. The molecular weight excluding hydrogens is 200 g/mol. The van der Waals surface area contributed by atoms with Crippen molar-refractivity contribution >= 4 is 0 Å². The molecule has 0 saturated heterocycles. The summed E-state index contributed by atoms with van der Waals surface area (Å²) in [5.74, 6) is 1.75. The van der Waals surface area contributed by atoms with Gasteiger partial charge in [0.05, 0.1) is 7.11 Å². The van der Waals surface area contributed by atoms with Crippen LogP contribution in [0.2, 0.25) is 0 Å². The van der Waals surface area contributed by atoms with Crippen LogP contribution in [0.5, 0.6) is 11.5 Å². The lowest BCUT2D eigenvalue weighted by Gasteiger charge is -2.06. The van der Waals surface area contributed by atoms with E-state index in [4.69, 9.17) is 4.74 Å². The zero-order valence-corrected chi connectivity index (χ0v) is 9.18. The van der Waals surface area contributed by atoms with Gasteiger partial charge >= 0.3 is 0 Å². The van der Waals surface area contributed by atoms with Gasteiger partial charge in [0.25, 0.3) is 0 Å². The zero-order chi connectivity index (χ0) is 11.4. The lowest BCUT2D eigenvalue weighted by Crippen LogP contribution is -1.82. The van der Waals surface area contributed by atoms with Crippen molar-refractivity contribution in [3.05, 3.63) is 55.6 Å². The highest BCUT2D eigenvalue weighted by molar-refractivity contribution is 5.64. The first-order valence-electron chi connectivity index (χ1n) is 5.04. The van der Waals surface area contributed by atoms with E-state index in [1.807, 2.05) is 48.5 Å². The van der Waals surface area contributed by atoms with Crippen molar-refractivity contribution in [2.75, 3.05) is 7.11 Å². The van der Waals surface area contributed by atoms with Gasteiger partial charge in [-0.25, -0.2) is 0 Å². The molecule has 0 heterocycles. The summed E-state index contributed by atoms with van der Waals surface area (Å²) < 4.78 is 8.98. The Bertz CT molecular complexity index is 398. The Kier molecular flexibility index (Phi) is 3.10. The Morgan fingerprint density at radius 2 is 1.38 bits per heavy atom. The van der Waals surface area contributed by atoms with E-state index >= 15 is 0 Å². The van der Waals surface area contributed by atoms with E-state index in [2.05, 4.69) is 11.8 Å². The van der Waals surface area contributed by atoms with E-state index < -0.39 is 0 Å². The average Bonchev–Trinajstić information content (AvgIpc) is 2.39. The van der Waals surface area contributed by atoms with E-state index in [9.17, 15) is 0 Å². The van der Waals surface area contributed by atoms with Crippen LogP contribution in [-0.2, 0) is 0 Å². The van der Waals surface area contributed by atoms with Gasteiger partial charge < -0.3 is 9.47 Å². The second-order valence-corrected chi connectivity index (χ2v) is 3.43. The van der Waals surface area contributed by atoms with Gasteiger partial charge in [0.15, 0.2) is 0 Å². The molecule has 0 fully saturated rings. The van der Waals surface area contributed by atoms with Gasteiger partial charge in [-0.2, -0.15) is 0 Å². The molecule has 2 heteroatoms. The Balaban J connectivity index is 2.28. The van der Waals surface area contributed by atoms with E-state index in [1.165, 1.54) is 0 Å². The molecule has 0 aliphatic heterocycles. The molecule has 16 heavy (non-hydrogen) atoms. The largest absolute Gasteiger partial charge is 0.722 e. The summed E-state index contributed by atoms with van der Waals surface area (Å²) in [5.41, 5.74) is 2.33.